The first-order valence-corrected chi connectivity index (χ1v) is 6.94. The minimum atomic E-state index is -0.190. The molecule has 0 fully saturated rings. The number of rotatable bonds is 6. The van der Waals surface area contributed by atoms with Crippen LogP contribution in [0.25, 0.3) is 0 Å². The Morgan fingerprint density at radius 1 is 1.15 bits per heavy atom. The second kappa shape index (κ2) is 7.17. The van der Waals surface area contributed by atoms with E-state index in [9.17, 15) is 4.39 Å². The Kier molecular flexibility index (Phi) is 5.27. The summed E-state index contributed by atoms with van der Waals surface area (Å²) in [5.41, 5.74) is 6.26. The van der Waals surface area contributed by atoms with Gasteiger partial charge in [-0.15, -0.1) is 0 Å². The molecule has 0 amide bonds. The molecule has 2 rings (SSSR count). The first-order valence-electron chi connectivity index (χ1n) is 6.94. The van der Waals surface area contributed by atoms with Gasteiger partial charge in [0.25, 0.3) is 0 Å². The van der Waals surface area contributed by atoms with Crippen LogP contribution in [0.3, 0.4) is 0 Å². The number of nitrogens with two attached hydrogens (primary N) is 1. The van der Waals surface area contributed by atoms with Crippen LogP contribution in [0.15, 0.2) is 48.5 Å². The SMILES string of the molecule is Cc1ccc(F)cc1CC(CCc1ccccc1)NN. The van der Waals surface area contributed by atoms with Crippen LogP contribution in [0, 0.1) is 12.7 Å². The van der Waals surface area contributed by atoms with Crippen molar-refractivity contribution in [2.24, 2.45) is 5.84 Å². The van der Waals surface area contributed by atoms with Crippen molar-refractivity contribution in [3.05, 3.63) is 71.0 Å². The van der Waals surface area contributed by atoms with Crippen molar-refractivity contribution in [2.75, 3.05) is 0 Å². The summed E-state index contributed by atoms with van der Waals surface area (Å²) >= 11 is 0. The highest BCUT2D eigenvalue weighted by Gasteiger charge is 2.10. The molecule has 2 aromatic carbocycles. The molecule has 0 aliphatic carbocycles. The average Bonchev–Trinajstić information content (AvgIpc) is 2.48. The van der Waals surface area contributed by atoms with Crippen molar-refractivity contribution < 1.29 is 4.39 Å². The molecule has 3 heteroatoms. The van der Waals surface area contributed by atoms with Crippen molar-refractivity contribution >= 4 is 0 Å². The van der Waals surface area contributed by atoms with Crippen LogP contribution < -0.4 is 11.3 Å². The van der Waals surface area contributed by atoms with Crippen LogP contribution in [-0.4, -0.2) is 6.04 Å². The molecule has 2 nitrogen and oxygen atoms in total. The molecule has 0 saturated carbocycles. The van der Waals surface area contributed by atoms with Gasteiger partial charge in [0.2, 0.25) is 0 Å². The molecule has 0 radical (unpaired) electrons. The lowest BCUT2D eigenvalue weighted by Crippen LogP contribution is -2.37. The molecule has 1 atom stereocenters. The molecule has 0 spiro atoms. The molecule has 0 aliphatic rings. The Hall–Kier alpha value is -1.71. The normalized spacial score (nSPS) is 12.3. The van der Waals surface area contributed by atoms with Gasteiger partial charge in [0.15, 0.2) is 0 Å². The topological polar surface area (TPSA) is 38.0 Å². The molecule has 1 unspecified atom stereocenters. The quantitative estimate of drug-likeness (QED) is 0.626. The fourth-order valence-corrected chi connectivity index (χ4v) is 2.36. The van der Waals surface area contributed by atoms with Gasteiger partial charge in [-0.25, -0.2) is 4.39 Å². The number of hydrogen-bond donors (Lipinski definition) is 2. The van der Waals surface area contributed by atoms with Crippen molar-refractivity contribution in [1.29, 1.82) is 0 Å². The van der Waals surface area contributed by atoms with Gasteiger partial charge in [-0.05, 0) is 55.0 Å². The van der Waals surface area contributed by atoms with Crippen molar-refractivity contribution in [3.8, 4) is 0 Å². The summed E-state index contributed by atoms with van der Waals surface area (Å²) in [7, 11) is 0. The maximum Gasteiger partial charge on any atom is 0.123 e. The molecule has 0 heterocycles. The molecular weight excluding hydrogens is 251 g/mol. The predicted molar refractivity (Wildman–Crippen MR) is 80.7 cm³/mol. The second-order valence-corrected chi connectivity index (χ2v) is 5.16. The van der Waals surface area contributed by atoms with Gasteiger partial charge in [0, 0.05) is 6.04 Å². The monoisotopic (exact) mass is 272 g/mol. The summed E-state index contributed by atoms with van der Waals surface area (Å²) in [6.07, 6.45) is 2.63. The summed E-state index contributed by atoms with van der Waals surface area (Å²) in [5, 5.41) is 0. The molecule has 0 saturated heterocycles. The molecular formula is C17H21FN2. The molecule has 0 aromatic heterocycles. The molecule has 106 valence electrons. The maximum atomic E-state index is 13.3. The summed E-state index contributed by atoms with van der Waals surface area (Å²) < 4.78 is 13.3. The van der Waals surface area contributed by atoms with Gasteiger partial charge < -0.3 is 0 Å². The summed E-state index contributed by atoms with van der Waals surface area (Å²) in [5.74, 6) is 5.44. The maximum absolute atomic E-state index is 13.3. The Morgan fingerprint density at radius 3 is 2.60 bits per heavy atom. The first-order chi connectivity index (χ1) is 9.69. The van der Waals surface area contributed by atoms with Crippen molar-refractivity contribution in [3.63, 3.8) is 0 Å². The van der Waals surface area contributed by atoms with Crippen LogP contribution in [0.4, 0.5) is 4.39 Å². The third-order valence-electron chi connectivity index (χ3n) is 3.64. The number of aryl methyl sites for hydroxylation is 2. The van der Waals surface area contributed by atoms with Gasteiger partial charge >= 0.3 is 0 Å². The number of nitrogens with one attached hydrogen (secondary N) is 1. The highest BCUT2D eigenvalue weighted by Crippen LogP contribution is 2.15. The molecule has 20 heavy (non-hydrogen) atoms. The largest absolute Gasteiger partial charge is 0.271 e. The van der Waals surface area contributed by atoms with E-state index < -0.39 is 0 Å². The Bertz CT molecular complexity index is 540. The van der Waals surface area contributed by atoms with E-state index in [-0.39, 0.29) is 11.9 Å². The van der Waals surface area contributed by atoms with E-state index >= 15 is 0 Å². The lowest BCUT2D eigenvalue weighted by atomic mass is 9.97. The summed E-state index contributed by atoms with van der Waals surface area (Å²) in [4.78, 5) is 0. The third-order valence-corrected chi connectivity index (χ3v) is 3.64. The molecule has 3 N–H and O–H groups in total. The van der Waals surface area contributed by atoms with Crippen LogP contribution in [0.1, 0.15) is 23.1 Å². The third kappa shape index (κ3) is 4.15. The Labute approximate surface area is 119 Å². The standard InChI is InChI=1S/C17H21FN2/c1-13-7-9-16(18)11-15(13)12-17(20-19)10-8-14-5-3-2-4-6-14/h2-7,9,11,17,20H,8,10,12,19H2,1H3. The van der Waals surface area contributed by atoms with Gasteiger partial charge in [-0.1, -0.05) is 36.4 Å². The van der Waals surface area contributed by atoms with E-state index in [2.05, 4.69) is 17.6 Å². The first kappa shape index (κ1) is 14.7. The van der Waals surface area contributed by atoms with E-state index in [1.165, 1.54) is 11.6 Å². The predicted octanol–water partition coefficient (Wildman–Crippen LogP) is 3.14. The molecule has 2 aromatic rings. The Morgan fingerprint density at radius 2 is 1.90 bits per heavy atom. The lowest BCUT2D eigenvalue weighted by molar-refractivity contribution is 0.489. The van der Waals surface area contributed by atoms with E-state index in [0.717, 1.165) is 30.4 Å². The highest BCUT2D eigenvalue weighted by atomic mass is 19.1. The number of hydrazine groups is 1. The van der Waals surface area contributed by atoms with Crippen LogP contribution in [0.2, 0.25) is 0 Å². The zero-order valence-electron chi connectivity index (χ0n) is 11.8. The summed E-state index contributed by atoms with van der Waals surface area (Å²) in [6.45, 7) is 2.00. The van der Waals surface area contributed by atoms with Crippen molar-refractivity contribution in [1.82, 2.24) is 5.43 Å². The molecule has 0 bridgehead atoms. The number of hydrogen-bond acceptors (Lipinski definition) is 2. The van der Waals surface area contributed by atoms with E-state index in [0.29, 0.717) is 0 Å². The average molecular weight is 272 g/mol. The van der Waals surface area contributed by atoms with E-state index in [1.807, 2.05) is 31.2 Å². The summed E-state index contributed by atoms with van der Waals surface area (Å²) in [6, 6.07) is 15.4. The minimum absolute atomic E-state index is 0.149. The zero-order valence-corrected chi connectivity index (χ0v) is 11.8. The highest BCUT2D eigenvalue weighted by molar-refractivity contribution is 5.27. The van der Waals surface area contributed by atoms with Gasteiger partial charge in [0.1, 0.15) is 5.82 Å². The van der Waals surface area contributed by atoms with Crippen LogP contribution in [-0.2, 0) is 12.8 Å². The fourth-order valence-electron chi connectivity index (χ4n) is 2.36. The van der Waals surface area contributed by atoms with Gasteiger partial charge in [0.05, 0.1) is 0 Å². The number of benzene rings is 2. The van der Waals surface area contributed by atoms with Crippen molar-refractivity contribution in [2.45, 2.75) is 32.2 Å². The smallest absolute Gasteiger partial charge is 0.123 e. The van der Waals surface area contributed by atoms with Crippen LogP contribution >= 0.6 is 0 Å². The minimum Gasteiger partial charge on any atom is -0.271 e. The van der Waals surface area contributed by atoms with Gasteiger partial charge in [-0.2, -0.15) is 0 Å². The van der Waals surface area contributed by atoms with Crippen LogP contribution in [0.5, 0.6) is 0 Å². The number of halogens is 1. The zero-order chi connectivity index (χ0) is 14.4. The van der Waals surface area contributed by atoms with E-state index in [4.69, 9.17) is 5.84 Å². The fraction of sp³-hybridized carbons (Fsp3) is 0.294. The van der Waals surface area contributed by atoms with E-state index in [1.54, 1.807) is 6.07 Å². The molecule has 0 aliphatic heterocycles. The Balaban J connectivity index is 1.97. The lowest BCUT2D eigenvalue weighted by Gasteiger charge is -2.17. The second-order valence-electron chi connectivity index (χ2n) is 5.16. The van der Waals surface area contributed by atoms with Gasteiger partial charge in [-0.3, -0.25) is 11.3 Å².